The van der Waals surface area contributed by atoms with Crippen molar-refractivity contribution < 1.29 is 35.1 Å². The zero-order valence-electron chi connectivity index (χ0n) is 16.7. The molecule has 0 rings (SSSR count). The van der Waals surface area contributed by atoms with Crippen molar-refractivity contribution in [3.8, 4) is 0 Å². The highest BCUT2D eigenvalue weighted by molar-refractivity contribution is 5.69. The summed E-state index contributed by atoms with van der Waals surface area (Å²) in [5.74, 6) is -1.38. The van der Waals surface area contributed by atoms with Gasteiger partial charge < -0.3 is 25.5 Å². The van der Waals surface area contributed by atoms with Gasteiger partial charge in [-0.2, -0.15) is 0 Å². The van der Waals surface area contributed by atoms with Crippen molar-refractivity contribution in [2.75, 3.05) is 19.8 Å². The van der Waals surface area contributed by atoms with Crippen LogP contribution in [0.1, 0.15) is 78.6 Å². The number of aliphatic hydroxyl groups is 3. The van der Waals surface area contributed by atoms with E-state index in [9.17, 15) is 9.59 Å². The van der Waals surface area contributed by atoms with E-state index >= 15 is 0 Å². The van der Waals surface area contributed by atoms with Crippen LogP contribution in [0.4, 0.5) is 0 Å². The van der Waals surface area contributed by atoms with Gasteiger partial charge in [0.1, 0.15) is 0 Å². The van der Waals surface area contributed by atoms with Gasteiger partial charge >= 0.3 is 11.9 Å². The van der Waals surface area contributed by atoms with Crippen molar-refractivity contribution in [3.63, 3.8) is 0 Å². The summed E-state index contributed by atoms with van der Waals surface area (Å²) < 4.78 is 0. The molecule has 0 aromatic rings. The van der Waals surface area contributed by atoms with Crippen LogP contribution in [0.3, 0.4) is 0 Å². The predicted molar refractivity (Wildman–Crippen MR) is 102 cm³/mol. The highest BCUT2D eigenvalue weighted by atomic mass is 16.4. The van der Waals surface area contributed by atoms with E-state index < -0.39 is 11.9 Å². The molecule has 5 N–H and O–H groups in total. The molecule has 0 bridgehead atoms. The van der Waals surface area contributed by atoms with Crippen LogP contribution in [-0.4, -0.2) is 57.3 Å². The van der Waals surface area contributed by atoms with Gasteiger partial charge in [0.2, 0.25) is 0 Å². The average molecular weight is 381 g/mol. The maximum Gasteiger partial charge on any atom is 0.306 e. The summed E-state index contributed by atoms with van der Waals surface area (Å²) in [5.41, 5.74) is 0. The second-order valence-electron chi connectivity index (χ2n) is 6.16. The molecule has 7 heteroatoms. The Bertz CT molecular complexity index is 302. The SMILES string of the molecule is CCCCC(=O)O.CCCCC(CC)C(=O)O.OCCC(CO)CCO. The van der Waals surface area contributed by atoms with Gasteiger partial charge in [-0.3, -0.25) is 9.59 Å². The lowest BCUT2D eigenvalue weighted by Gasteiger charge is -2.08. The lowest BCUT2D eigenvalue weighted by molar-refractivity contribution is -0.142. The first-order chi connectivity index (χ1) is 12.3. The van der Waals surface area contributed by atoms with Gasteiger partial charge in [0.25, 0.3) is 0 Å². The maximum absolute atomic E-state index is 10.4. The Morgan fingerprint density at radius 1 is 0.808 bits per heavy atom. The lowest BCUT2D eigenvalue weighted by atomic mass is 10.00. The number of aliphatic carboxylic acids is 2. The van der Waals surface area contributed by atoms with Crippen molar-refractivity contribution in [2.45, 2.75) is 78.6 Å². The number of hydrogen-bond acceptors (Lipinski definition) is 5. The molecule has 0 amide bonds. The van der Waals surface area contributed by atoms with Crippen LogP contribution in [-0.2, 0) is 9.59 Å². The Morgan fingerprint density at radius 3 is 1.54 bits per heavy atom. The molecule has 0 saturated carbocycles. The molecule has 0 aliphatic rings. The Balaban J connectivity index is -0.000000310. The third kappa shape index (κ3) is 25.1. The molecule has 0 aromatic carbocycles. The Morgan fingerprint density at radius 2 is 1.31 bits per heavy atom. The standard InChI is InChI=1S/C8H16O2.C6H14O3.C5H10O2/c1-3-5-6-7(4-2)8(9)10;7-3-1-6(5-9)2-4-8;1-2-3-4-5(6)7/h7H,3-6H2,1-2H3,(H,9,10);6-9H,1-5H2;2-4H2,1H3,(H,6,7). The number of hydrogen-bond donors (Lipinski definition) is 5. The lowest BCUT2D eigenvalue weighted by Crippen LogP contribution is -2.11. The Hall–Kier alpha value is -1.18. The Kier molecular flexibility index (Phi) is 27.1. The van der Waals surface area contributed by atoms with Crippen LogP contribution in [0.15, 0.2) is 0 Å². The molecule has 0 spiro atoms. The number of aliphatic hydroxyl groups excluding tert-OH is 3. The molecule has 0 aromatic heterocycles. The fraction of sp³-hybridized carbons (Fsp3) is 0.895. The smallest absolute Gasteiger partial charge is 0.306 e. The van der Waals surface area contributed by atoms with Gasteiger partial charge in [0.05, 0.1) is 5.92 Å². The number of carboxylic acids is 2. The largest absolute Gasteiger partial charge is 0.481 e. The van der Waals surface area contributed by atoms with Gasteiger partial charge in [-0.1, -0.05) is 40.0 Å². The fourth-order valence-corrected chi connectivity index (χ4v) is 1.97. The number of carboxylic acid groups (broad SMARTS) is 2. The minimum absolute atomic E-state index is 0.0567. The van der Waals surface area contributed by atoms with E-state index in [4.69, 9.17) is 25.5 Å². The topological polar surface area (TPSA) is 135 Å². The van der Waals surface area contributed by atoms with E-state index in [2.05, 4.69) is 6.92 Å². The number of rotatable bonds is 13. The molecular weight excluding hydrogens is 340 g/mol. The van der Waals surface area contributed by atoms with E-state index in [1.807, 2.05) is 13.8 Å². The fourth-order valence-electron chi connectivity index (χ4n) is 1.97. The summed E-state index contributed by atoms with van der Waals surface area (Å²) in [5, 5.41) is 42.0. The summed E-state index contributed by atoms with van der Waals surface area (Å²) in [4.78, 5) is 20.2. The summed E-state index contributed by atoms with van der Waals surface area (Å²) in [6.07, 6.45) is 6.96. The van der Waals surface area contributed by atoms with Crippen molar-refractivity contribution in [1.82, 2.24) is 0 Å². The van der Waals surface area contributed by atoms with Gasteiger partial charge in [0.15, 0.2) is 0 Å². The third-order valence-electron chi connectivity index (χ3n) is 3.83. The van der Waals surface area contributed by atoms with Gasteiger partial charge in [-0.15, -0.1) is 0 Å². The molecular formula is C19H40O7. The molecule has 26 heavy (non-hydrogen) atoms. The molecule has 0 fully saturated rings. The minimum Gasteiger partial charge on any atom is -0.481 e. The molecule has 1 atom stereocenters. The zero-order chi connectivity index (χ0) is 20.8. The molecule has 0 radical (unpaired) electrons. The van der Waals surface area contributed by atoms with E-state index in [-0.39, 0.29) is 31.7 Å². The molecule has 158 valence electrons. The number of carbonyl (C=O) groups is 2. The van der Waals surface area contributed by atoms with E-state index in [1.165, 1.54) is 0 Å². The average Bonchev–Trinajstić information content (AvgIpc) is 2.61. The molecule has 0 heterocycles. The number of unbranched alkanes of at least 4 members (excludes halogenated alkanes) is 2. The third-order valence-corrected chi connectivity index (χ3v) is 3.83. The summed E-state index contributed by atoms with van der Waals surface area (Å²) in [6.45, 7) is 6.21. The first-order valence-corrected chi connectivity index (χ1v) is 9.61. The highest BCUT2D eigenvalue weighted by Gasteiger charge is 2.12. The first-order valence-electron chi connectivity index (χ1n) is 9.61. The Labute approximate surface area is 158 Å². The monoisotopic (exact) mass is 380 g/mol. The maximum atomic E-state index is 10.4. The quantitative estimate of drug-likeness (QED) is 0.331. The van der Waals surface area contributed by atoms with Gasteiger partial charge in [-0.25, -0.2) is 0 Å². The van der Waals surface area contributed by atoms with Crippen LogP contribution in [0, 0.1) is 11.8 Å². The molecule has 7 nitrogen and oxygen atoms in total. The van der Waals surface area contributed by atoms with E-state index in [0.717, 1.165) is 38.5 Å². The zero-order valence-corrected chi connectivity index (χ0v) is 16.7. The van der Waals surface area contributed by atoms with Crippen molar-refractivity contribution >= 4 is 11.9 Å². The van der Waals surface area contributed by atoms with E-state index in [0.29, 0.717) is 19.3 Å². The molecule has 1 unspecified atom stereocenters. The minimum atomic E-state index is -0.693. The molecule has 0 aliphatic carbocycles. The summed E-state index contributed by atoms with van der Waals surface area (Å²) >= 11 is 0. The van der Waals surface area contributed by atoms with Gasteiger partial charge in [0, 0.05) is 26.2 Å². The van der Waals surface area contributed by atoms with Gasteiger partial charge in [-0.05, 0) is 38.0 Å². The highest BCUT2D eigenvalue weighted by Crippen LogP contribution is 2.11. The summed E-state index contributed by atoms with van der Waals surface area (Å²) in [7, 11) is 0. The van der Waals surface area contributed by atoms with Crippen LogP contribution < -0.4 is 0 Å². The van der Waals surface area contributed by atoms with Crippen LogP contribution in [0.2, 0.25) is 0 Å². The molecule has 0 saturated heterocycles. The van der Waals surface area contributed by atoms with Crippen LogP contribution in [0.25, 0.3) is 0 Å². The van der Waals surface area contributed by atoms with Crippen LogP contribution >= 0.6 is 0 Å². The summed E-state index contributed by atoms with van der Waals surface area (Å²) in [6, 6.07) is 0. The van der Waals surface area contributed by atoms with E-state index in [1.54, 1.807) is 0 Å². The normalized spacial score (nSPS) is 11.0. The molecule has 0 aliphatic heterocycles. The van der Waals surface area contributed by atoms with Crippen molar-refractivity contribution in [1.29, 1.82) is 0 Å². The van der Waals surface area contributed by atoms with Crippen molar-refractivity contribution in [3.05, 3.63) is 0 Å². The first kappa shape index (κ1) is 29.6. The predicted octanol–water partition coefficient (Wildman–Crippen LogP) is 2.91. The van der Waals surface area contributed by atoms with Crippen molar-refractivity contribution in [2.24, 2.45) is 11.8 Å². The van der Waals surface area contributed by atoms with Crippen LogP contribution in [0.5, 0.6) is 0 Å². The second-order valence-corrected chi connectivity index (χ2v) is 6.16. The second kappa shape index (κ2) is 23.8.